The molecule has 2 aromatic rings. The molecule has 7 heteroatoms. The van der Waals surface area contributed by atoms with Crippen molar-refractivity contribution in [2.45, 2.75) is 6.54 Å². The lowest BCUT2D eigenvalue weighted by Gasteiger charge is -2.34. The van der Waals surface area contributed by atoms with Crippen LogP contribution in [0.1, 0.15) is 15.9 Å². The molecule has 2 N–H and O–H groups in total. The number of halogens is 3. The van der Waals surface area contributed by atoms with E-state index in [4.69, 9.17) is 28.9 Å². The Morgan fingerprint density at radius 3 is 2.24 bits per heavy atom. The Kier molecular flexibility index (Phi) is 6.96. The fraction of sp³-hybridized carbons (Fsp3) is 0.278. The van der Waals surface area contributed by atoms with Gasteiger partial charge in [0.15, 0.2) is 0 Å². The van der Waals surface area contributed by atoms with Gasteiger partial charge >= 0.3 is 0 Å². The highest BCUT2D eigenvalue weighted by Crippen LogP contribution is 2.21. The molecule has 1 aliphatic rings. The molecule has 25 heavy (non-hydrogen) atoms. The Balaban J connectivity index is 0.00000225. The molecule has 0 atom stereocenters. The lowest BCUT2D eigenvalue weighted by atomic mass is 10.1. The lowest BCUT2D eigenvalue weighted by Crippen LogP contribution is -2.48. The quantitative estimate of drug-likeness (QED) is 0.794. The van der Waals surface area contributed by atoms with E-state index in [-0.39, 0.29) is 18.3 Å². The Morgan fingerprint density at radius 2 is 1.64 bits per heavy atom. The predicted octanol–water partition coefficient (Wildman–Crippen LogP) is 3.96. The van der Waals surface area contributed by atoms with Gasteiger partial charge in [0, 0.05) is 54.0 Å². The molecule has 1 saturated heterocycles. The number of rotatable bonds is 3. The molecule has 3 rings (SSSR count). The minimum Gasteiger partial charge on any atom is -0.399 e. The van der Waals surface area contributed by atoms with Gasteiger partial charge in [0.25, 0.3) is 5.91 Å². The number of nitrogens with zero attached hydrogens (tertiary/aromatic N) is 2. The summed E-state index contributed by atoms with van der Waals surface area (Å²) < 4.78 is 0. The van der Waals surface area contributed by atoms with Gasteiger partial charge in [-0.2, -0.15) is 0 Å². The van der Waals surface area contributed by atoms with Crippen LogP contribution in [0.3, 0.4) is 0 Å². The number of carbonyl (C=O) groups excluding carboxylic acids is 1. The molecule has 4 nitrogen and oxygen atoms in total. The van der Waals surface area contributed by atoms with Crippen molar-refractivity contribution >= 4 is 47.2 Å². The monoisotopic (exact) mass is 399 g/mol. The molecule has 1 amide bonds. The SMILES string of the molecule is Cl.Nc1cccc(CN2CCN(C(=O)c3cc(Cl)cc(Cl)c3)CC2)c1. The number of nitrogens with two attached hydrogens (primary N) is 1. The Bertz CT molecular complexity index is 726. The molecule has 1 aliphatic heterocycles. The molecular weight excluding hydrogens is 381 g/mol. The smallest absolute Gasteiger partial charge is 0.254 e. The van der Waals surface area contributed by atoms with Gasteiger partial charge in [0.2, 0.25) is 0 Å². The van der Waals surface area contributed by atoms with Gasteiger partial charge in [-0.3, -0.25) is 9.69 Å². The molecule has 0 saturated carbocycles. The summed E-state index contributed by atoms with van der Waals surface area (Å²) in [4.78, 5) is 16.8. The molecule has 0 aromatic heterocycles. The topological polar surface area (TPSA) is 49.6 Å². The summed E-state index contributed by atoms with van der Waals surface area (Å²) >= 11 is 12.0. The average Bonchev–Trinajstić information content (AvgIpc) is 2.54. The lowest BCUT2D eigenvalue weighted by molar-refractivity contribution is 0.0628. The minimum absolute atomic E-state index is 0. The van der Waals surface area contributed by atoms with E-state index in [2.05, 4.69) is 11.0 Å². The number of anilines is 1. The highest BCUT2D eigenvalue weighted by atomic mass is 35.5. The van der Waals surface area contributed by atoms with Crippen molar-refractivity contribution < 1.29 is 4.79 Å². The number of hydrogen-bond acceptors (Lipinski definition) is 3. The maximum Gasteiger partial charge on any atom is 0.254 e. The molecule has 2 aromatic carbocycles. The molecule has 0 bridgehead atoms. The first-order valence-electron chi connectivity index (χ1n) is 7.83. The van der Waals surface area contributed by atoms with Crippen molar-refractivity contribution in [1.82, 2.24) is 9.80 Å². The Morgan fingerprint density at radius 1 is 1.00 bits per heavy atom. The summed E-state index contributed by atoms with van der Waals surface area (Å²) in [7, 11) is 0. The fourth-order valence-corrected chi connectivity index (χ4v) is 3.44. The van der Waals surface area contributed by atoms with E-state index < -0.39 is 0 Å². The van der Waals surface area contributed by atoms with Gasteiger partial charge in [-0.25, -0.2) is 0 Å². The third-order valence-electron chi connectivity index (χ3n) is 4.13. The highest BCUT2D eigenvalue weighted by molar-refractivity contribution is 6.35. The van der Waals surface area contributed by atoms with E-state index in [0.29, 0.717) is 28.7 Å². The first-order chi connectivity index (χ1) is 11.5. The third kappa shape index (κ3) is 5.25. The molecular formula is C18H20Cl3N3O. The minimum atomic E-state index is -0.0250. The van der Waals surface area contributed by atoms with Crippen molar-refractivity contribution in [1.29, 1.82) is 0 Å². The predicted molar refractivity (Wildman–Crippen MR) is 106 cm³/mol. The summed E-state index contributed by atoms with van der Waals surface area (Å²) in [5.74, 6) is -0.0250. The van der Waals surface area contributed by atoms with Crippen LogP contribution in [0.4, 0.5) is 5.69 Å². The van der Waals surface area contributed by atoms with Crippen LogP contribution in [0.25, 0.3) is 0 Å². The molecule has 1 fully saturated rings. The summed E-state index contributed by atoms with van der Waals surface area (Å²) in [5.41, 5.74) is 8.33. The van der Waals surface area contributed by atoms with Crippen molar-refractivity contribution in [3.05, 3.63) is 63.6 Å². The maximum atomic E-state index is 12.6. The van der Waals surface area contributed by atoms with Crippen molar-refractivity contribution in [3.63, 3.8) is 0 Å². The average molecular weight is 401 g/mol. The summed E-state index contributed by atoms with van der Waals surface area (Å²) in [6.07, 6.45) is 0. The van der Waals surface area contributed by atoms with Crippen LogP contribution in [0.5, 0.6) is 0 Å². The van der Waals surface area contributed by atoms with Crippen LogP contribution in [0.2, 0.25) is 10.0 Å². The number of amides is 1. The second kappa shape index (κ2) is 8.77. The molecule has 0 radical (unpaired) electrons. The Hall–Kier alpha value is -1.46. The summed E-state index contributed by atoms with van der Waals surface area (Å²) in [5, 5.41) is 0.956. The van der Waals surface area contributed by atoms with Gasteiger partial charge < -0.3 is 10.6 Å². The third-order valence-corrected chi connectivity index (χ3v) is 4.56. The van der Waals surface area contributed by atoms with E-state index >= 15 is 0 Å². The Labute approximate surface area is 163 Å². The first kappa shape index (κ1) is 19.9. The van der Waals surface area contributed by atoms with Crippen LogP contribution in [0.15, 0.2) is 42.5 Å². The second-order valence-corrected chi connectivity index (χ2v) is 6.84. The molecule has 0 spiro atoms. The van der Waals surface area contributed by atoms with E-state index in [1.807, 2.05) is 23.1 Å². The van der Waals surface area contributed by atoms with Gasteiger partial charge in [-0.15, -0.1) is 12.4 Å². The fourth-order valence-electron chi connectivity index (χ4n) is 2.92. The van der Waals surface area contributed by atoms with Crippen LogP contribution >= 0.6 is 35.6 Å². The standard InChI is InChI=1S/C18H19Cl2N3O.ClH/c19-15-9-14(10-16(20)11-15)18(24)23-6-4-22(5-7-23)12-13-2-1-3-17(21)8-13;/h1-3,8-11H,4-7,12,21H2;1H. The van der Waals surface area contributed by atoms with Gasteiger partial charge in [0.1, 0.15) is 0 Å². The highest BCUT2D eigenvalue weighted by Gasteiger charge is 2.22. The maximum absolute atomic E-state index is 12.6. The number of carbonyl (C=O) groups is 1. The van der Waals surface area contributed by atoms with Crippen LogP contribution in [0, 0.1) is 0 Å². The van der Waals surface area contributed by atoms with Gasteiger partial charge in [-0.1, -0.05) is 35.3 Å². The molecule has 0 unspecified atom stereocenters. The largest absolute Gasteiger partial charge is 0.399 e. The second-order valence-electron chi connectivity index (χ2n) is 5.97. The van der Waals surface area contributed by atoms with E-state index in [9.17, 15) is 4.79 Å². The van der Waals surface area contributed by atoms with Gasteiger partial charge in [0.05, 0.1) is 0 Å². The van der Waals surface area contributed by atoms with Crippen molar-refractivity contribution in [3.8, 4) is 0 Å². The number of benzene rings is 2. The van der Waals surface area contributed by atoms with E-state index in [1.54, 1.807) is 18.2 Å². The molecule has 0 aliphatic carbocycles. The van der Waals surface area contributed by atoms with E-state index in [1.165, 1.54) is 5.56 Å². The normalized spacial score (nSPS) is 14.9. The van der Waals surface area contributed by atoms with Gasteiger partial charge in [-0.05, 0) is 35.9 Å². The zero-order chi connectivity index (χ0) is 17.1. The summed E-state index contributed by atoms with van der Waals surface area (Å²) in [6.45, 7) is 3.87. The number of nitrogen functional groups attached to an aromatic ring is 1. The zero-order valence-electron chi connectivity index (χ0n) is 13.6. The van der Waals surface area contributed by atoms with Crippen LogP contribution in [-0.2, 0) is 6.54 Å². The zero-order valence-corrected chi connectivity index (χ0v) is 15.9. The summed E-state index contributed by atoms with van der Waals surface area (Å²) in [6, 6.07) is 12.9. The van der Waals surface area contributed by atoms with Crippen LogP contribution < -0.4 is 5.73 Å². The molecule has 1 heterocycles. The van der Waals surface area contributed by atoms with Crippen molar-refractivity contribution in [2.24, 2.45) is 0 Å². The van der Waals surface area contributed by atoms with Crippen LogP contribution in [-0.4, -0.2) is 41.9 Å². The van der Waals surface area contributed by atoms with Crippen molar-refractivity contribution in [2.75, 3.05) is 31.9 Å². The van der Waals surface area contributed by atoms with E-state index in [0.717, 1.165) is 25.3 Å². The first-order valence-corrected chi connectivity index (χ1v) is 8.59. The molecule has 134 valence electrons. The number of hydrogen-bond donors (Lipinski definition) is 1. The number of piperazine rings is 1.